The summed E-state index contributed by atoms with van der Waals surface area (Å²) in [6, 6.07) is 6.15. The predicted molar refractivity (Wildman–Crippen MR) is 426 cm³/mol. The Morgan fingerprint density at radius 1 is 0.591 bits per heavy atom. The van der Waals surface area contributed by atoms with Gasteiger partial charge in [0.05, 0.1) is 24.7 Å². The van der Waals surface area contributed by atoms with Crippen LogP contribution in [0.3, 0.4) is 0 Å². The number of allylic oxidation sites excluding steroid dienone is 2. The third-order valence-electron chi connectivity index (χ3n) is 19.8. The lowest BCUT2D eigenvalue weighted by molar-refractivity contribution is -0.138. The number of rotatable bonds is 27. The van der Waals surface area contributed by atoms with Gasteiger partial charge in [-0.1, -0.05) is 120 Å². The quantitative estimate of drug-likeness (QED) is 0.0323. The summed E-state index contributed by atoms with van der Waals surface area (Å²) in [7, 11) is 0. The number of hydrogen-bond donors (Lipinski definition) is 19. The number of phenolic OH excluding ortho intramolecular Hbond substituents is 1. The van der Waals surface area contributed by atoms with E-state index in [1.807, 2.05) is 26.0 Å². The smallest absolute Gasteiger partial charge is 0.246 e. The third kappa shape index (κ3) is 29.7. The Morgan fingerprint density at radius 3 is 1.82 bits per heavy atom. The molecule has 0 fully saturated rings. The number of aliphatic hydroxyl groups excluding tert-OH is 2. The van der Waals surface area contributed by atoms with Crippen molar-refractivity contribution in [2.75, 3.05) is 6.61 Å². The zero-order valence-corrected chi connectivity index (χ0v) is 66.8. The number of nitrogens with two attached hydrogens (primary N) is 2. The van der Waals surface area contributed by atoms with E-state index in [4.69, 9.17) is 11.5 Å². The molecule has 0 saturated carbocycles. The number of nitrogens with zero attached hydrogens (tertiary/aromatic N) is 1. The number of aliphatic hydroxyl groups is 2. The van der Waals surface area contributed by atoms with Gasteiger partial charge in [-0.2, -0.15) is 0 Å². The number of H-pyrrole nitrogens is 2. The summed E-state index contributed by atoms with van der Waals surface area (Å²) in [4.78, 5) is 210. The normalized spacial score (nSPS) is 22.8. The molecule has 21 N–H and O–H groups in total. The van der Waals surface area contributed by atoms with Crippen molar-refractivity contribution in [2.45, 2.75) is 249 Å². The maximum atomic E-state index is 15.6. The molecular weight excluding hydrogens is 1480 g/mol. The number of carbonyl (C=O) groups is 14. The van der Waals surface area contributed by atoms with E-state index < -0.39 is 180 Å². The molecule has 0 saturated heterocycles. The van der Waals surface area contributed by atoms with E-state index in [2.05, 4.69) is 78.8 Å². The SMILES string of the molecule is CC(=O)N[C@@H](CC(C)C)C(=O)N[C@H](C(=O)N[C@@H](Cc1ccccc1)C(=O)N[C@]1(C)CCCCCC/C=C/CCC[C@@](C)(C(=O)N[C@@H](CO)C(N)=O)NC(=O)[C@H](CC(C)C)NC(=O)[C@H](CCC(N)=O)NC(=O)[C@H](C)NC(=O)[C@H](Cc2c[nH]c3ccccc23)NC(=O)[C@H](Cc2ccc(O)cc2)NC(=O)[C@H](Cc2c[nH]cn2)NC1=O)[C@@H](C)O. The van der Waals surface area contributed by atoms with E-state index in [0.717, 1.165) is 0 Å². The number of aromatic amines is 2. The van der Waals surface area contributed by atoms with Gasteiger partial charge in [-0.25, -0.2) is 4.98 Å². The Labute approximate surface area is 668 Å². The summed E-state index contributed by atoms with van der Waals surface area (Å²) in [6.07, 6.45) is 7.83. The molecule has 34 nitrogen and oxygen atoms in total. The van der Waals surface area contributed by atoms with Crippen molar-refractivity contribution in [3.8, 4) is 5.75 Å². The first kappa shape index (κ1) is 92.3. The lowest BCUT2D eigenvalue weighted by Gasteiger charge is -2.34. The number of aromatic nitrogens is 3. The fraction of sp³-hybridized carbons (Fsp3) is 0.519. The summed E-state index contributed by atoms with van der Waals surface area (Å²) < 4.78 is 0. The summed E-state index contributed by atoms with van der Waals surface area (Å²) >= 11 is 0. The van der Waals surface area contributed by atoms with Crippen molar-refractivity contribution in [1.82, 2.24) is 78.8 Å². The minimum atomic E-state index is -1.95. The molecule has 115 heavy (non-hydrogen) atoms. The first-order valence-electron chi connectivity index (χ1n) is 39.0. The lowest BCUT2D eigenvalue weighted by Crippen LogP contribution is -2.65. The van der Waals surface area contributed by atoms with Crippen LogP contribution >= 0.6 is 0 Å². The van der Waals surface area contributed by atoms with E-state index >= 15 is 24.0 Å². The first-order valence-corrected chi connectivity index (χ1v) is 39.0. The van der Waals surface area contributed by atoms with Gasteiger partial charge in [0, 0.05) is 62.3 Å². The van der Waals surface area contributed by atoms with Gasteiger partial charge in [-0.05, 0) is 132 Å². The Kier molecular flexibility index (Phi) is 35.9. The number of amides is 14. The average Bonchev–Trinajstić information content (AvgIpc) is 1.72. The maximum Gasteiger partial charge on any atom is 0.246 e. The van der Waals surface area contributed by atoms with Crippen LogP contribution in [-0.4, -0.2) is 197 Å². The fourth-order valence-corrected chi connectivity index (χ4v) is 13.2. The number of phenols is 1. The summed E-state index contributed by atoms with van der Waals surface area (Å²) in [5.41, 5.74) is 9.67. The molecule has 3 aromatic carbocycles. The van der Waals surface area contributed by atoms with Gasteiger partial charge >= 0.3 is 0 Å². The lowest BCUT2D eigenvalue weighted by atomic mass is 9.91. The first-order chi connectivity index (χ1) is 54.5. The second-order valence-electron chi connectivity index (χ2n) is 30.8. The van der Waals surface area contributed by atoms with Crippen molar-refractivity contribution >= 4 is 93.6 Å². The number of carbonyl (C=O) groups excluding carboxylic acids is 14. The Morgan fingerprint density at radius 2 is 1.20 bits per heavy atom. The van der Waals surface area contributed by atoms with Gasteiger partial charge in [-0.3, -0.25) is 67.1 Å². The van der Waals surface area contributed by atoms with Crippen LogP contribution in [0.15, 0.2) is 110 Å². The second kappa shape index (κ2) is 44.8. The van der Waals surface area contributed by atoms with Gasteiger partial charge in [0.15, 0.2) is 0 Å². The molecule has 0 aliphatic carbocycles. The molecule has 2 aromatic heterocycles. The van der Waals surface area contributed by atoms with Crippen LogP contribution in [0.4, 0.5) is 0 Å². The minimum Gasteiger partial charge on any atom is -0.508 e. The van der Waals surface area contributed by atoms with E-state index in [9.17, 15) is 58.5 Å². The van der Waals surface area contributed by atoms with Crippen molar-refractivity contribution in [3.63, 3.8) is 0 Å². The molecule has 34 heteroatoms. The molecular formula is C81H115N17O17. The molecule has 0 unspecified atom stereocenters. The number of fused-ring (bicyclic) bond motifs is 1. The van der Waals surface area contributed by atoms with Crippen LogP contribution in [0.1, 0.15) is 168 Å². The second-order valence-corrected chi connectivity index (χ2v) is 30.8. The summed E-state index contributed by atoms with van der Waals surface area (Å²) in [5, 5.41) is 64.2. The third-order valence-corrected chi connectivity index (χ3v) is 19.8. The molecule has 626 valence electrons. The highest BCUT2D eigenvalue weighted by molar-refractivity contribution is 6.01. The molecule has 6 rings (SSSR count). The number of nitrogens with one attached hydrogen (secondary N) is 14. The van der Waals surface area contributed by atoms with Crippen molar-refractivity contribution < 1.29 is 82.4 Å². The van der Waals surface area contributed by atoms with Crippen LogP contribution in [0.5, 0.6) is 5.75 Å². The highest BCUT2D eigenvalue weighted by Crippen LogP contribution is 2.24. The highest BCUT2D eigenvalue weighted by atomic mass is 16.3. The van der Waals surface area contributed by atoms with Gasteiger partial charge in [0.25, 0.3) is 0 Å². The van der Waals surface area contributed by atoms with Crippen molar-refractivity contribution in [2.24, 2.45) is 23.3 Å². The van der Waals surface area contributed by atoms with Crippen LogP contribution < -0.4 is 75.3 Å². The van der Waals surface area contributed by atoms with Crippen molar-refractivity contribution in [3.05, 3.63) is 132 Å². The Hall–Kier alpha value is -11.6. The van der Waals surface area contributed by atoms with Crippen LogP contribution in [-0.2, 0) is 92.8 Å². The Bertz CT molecular complexity index is 4170. The molecule has 0 radical (unpaired) electrons. The van der Waals surface area contributed by atoms with Crippen LogP contribution in [0.25, 0.3) is 10.9 Å². The molecule has 13 atom stereocenters. The van der Waals surface area contributed by atoms with Gasteiger partial charge in [0.2, 0.25) is 82.7 Å². The average molecular weight is 1600 g/mol. The van der Waals surface area contributed by atoms with Crippen LogP contribution in [0, 0.1) is 11.8 Å². The van der Waals surface area contributed by atoms with Gasteiger partial charge in [0.1, 0.15) is 77.2 Å². The Balaban J connectivity index is 1.45. The fourth-order valence-electron chi connectivity index (χ4n) is 13.2. The molecule has 14 amide bonds. The largest absolute Gasteiger partial charge is 0.508 e. The number of imidazole rings is 1. The molecule has 1 aliphatic rings. The number of benzene rings is 3. The van der Waals surface area contributed by atoms with E-state index in [0.29, 0.717) is 59.7 Å². The summed E-state index contributed by atoms with van der Waals surface area (Å²) in [6.45, 7) is 12.9. The van der Waals surface area contributed by atoms with Crippen LogP contribution in [0.2, 0.25) is 0 Å². The van der Waals surface area contributed by atoms with E-state index in [1.54, 1.807) is 74.6 Å². The molecule has 3 heterocycles. The van der Waals surface area contributed by atoms with Gasteiger partial charge in [-0.15, -0.1) is 0 Å². The summed E-state index contributed by atoms with van der Waals surface area (Å²) in [5.74, 6) is -13.1. The molecule has 5 aromatic rings. The van der Waals surface area contributed by atoms with E-state index in [-0.39, 0.29) is 87.5 Å². The zero-order chi connectivity index (χ0) is 84.7. The zero-order valence-electron chi connectivity index (χ0n) is 66.8. The number of para-hydroxylation sites is 1. The standard InChI is InChI=1S/C81H115N17O17/c1-46(2)36-59(88-50(7)101)74(110)96-67(49(6)100)77(113)93-62(38-51-24-18-17-19-25-51)76(112)98-80(8)34-22-15-13-11-10-12-14-16-23-35-81(9,79(115)95-65(44-99)68(83)104)97-75(111)60(37-47(3)4)90-70(106)58(32-33-66(82)103)89-69(105)48(5)87-71(107)63(40-53-42-85-57-27-21-20-26-56(53)57)92-72(108)61(39-52-28-30-55(102)31-29-52)91-73(109)64(94-78(80)114)41-54-43-84-45-86-54/h12,14,17-21,24-31,42-43,45-49,58-65,67,85,99-100,102H,10-11,13,15-16,22-23,32-41,44H2,1-9H3,(H2,82,103)(H2,83,104)(H,84,86)(H,87,107)(H,88,101)(H,89,105)(H,90,106)(H,91,109)(H,92,108)(H,93,113)(H,94,114)(H,95,115)(H,96,110)(H,97,111)(H,98,112)/b14-12+/t48-,49+,58-,59-,60-,61-,62-,63-,64-,65-,67-,80+,81-/m0/s1. The van der Waals surface area contributed by atoms with Crippen molar-refractivity contribution in [1.29, 1.82) is 0 Å². The molecule has 0 bridgehead atoms. The van der Waals surface area contributed by atoms with Gasteiger partial charge < -0.3 is 101 Å². The maximum absolute atomic E-state index is 15.6. The number of hydrogen-bond acceptors (Lipinski definition) is 18. The van der Waals surface area contributed by atoms with E-state index in [1.165, 1.54) is 71.4 Å². The number of primary amides is 2. The monoisotopic (exact) mass is 1600 g/mol. The molecule has 1 aliphatic heterocycles. The highest BCUT2D eigenvalue weighted by Gasteiger charge is 2.43. The topological polar surface area (TPSA) is 541 Å². The number of aromatic hydroxyl groups is 1. The minimum absolute atomic E-state index is 0.0294. The molecule has 0 spiro atoms. The predicted octanol–water partition coefficient (Wildman–Crippen LogP) is 0.802.